The van der Waals surface area contributed by atoms with Crippen LogP contribution in [-0.2, 0) is 16.1 Å². The van der Waals surface area contributed by atoms with Gasteiger partial charge in [0.2, 0.25) is 0 Å². The van der Waals surface area contributed by atoms with Crippen molar-refractivity contribution in [1.82, 2.24) is 5.32 Å². The van der Waals surface area contributed by atoms with Crippen LogP contribution < -0.4 is 14.8 Å². The Morgan fingerprint density at radius 1 is 0.857 bits per heavy atom. The molecule has 144 valence electrons. The minimum Gasteiger partial charge on any atom is -0.497 e. The monoisotopic (exact) mass is 379 g/mol. The number of carbonyl (C=O) groups is 2. The first-order chi connectivity index (χ1) is 13.6. The summed E-state index contributed by atoms with van der Waals surface area (Å²) in [6.45, 7) is -0.0127. The molecule has 0 spiro atoms. The minimum absolute atomic E-state index is 0.339. The van der Waals surface area contributed by atoms with E-state index in [0.29, 0.717) is 23.2 Å². The molecule has 1 amide bonds. The van der Waals surface area contributed by atoms with Crippen LogP contribution >= 0.6 is 0 Å². The lowest BCUT2D eigenvalue weighted by atomic mass is 10.0. The Morgan fingerprint density at radius 2 is 1.57 bits per heavy atom. The number of hydrogen-bond acceptors (Lipinski definition) is 5. The molecule has 0 unspecified atom stereocenters. The van der Waals surface area contributed by atoms with Crippen LogP contribution in [0.15, 0.2) is 60.7 Å². The Labute approximate surface area is 163 Å². The molecule has 0 saturated heterocycles. The molecular formula is C22H21NO5. The first-order valence-corrected chi connectivity index (χ1v) is 8.75. The lowest BCUT2D eigenvalue weighted by Gasteiger charge is -2.11. The summed E-state index contributed by atoms with van der Waals surface area (Å²) in [4.78, 5) is 24.5. The normalized spacial score (nSPS) is 10.4. The molecule has 0 aliphatic carbocycles. The number of hydrogen-bond donors (Lipinski definition) is 1. The number of ether oxygens (including phenoxy) is 3. The number of benzene rings is 3. The molecule has 1 N–H and O–H groups in total. The molecule has 3 aromatic carbocycles. The molecule has 0 saturated carbocycles. The average Bonchev–Trinajstić information content (AvgIpc) is 2.75. The number of rotatable bonds is 7. The number of methoxy groups -OCH3 is 2. The fourth-order valence-corrected chi connectivity index (χ4v) is 2.83. The molecule has 0 heterocycles. The summed E-state index contributed by atoms with van der Waals surface area (Å²) in [6, 6.07) is 18.1. The van der Waals surface area contributed by atoms with Crippen LogP contribution in [0.2, 0.25) is 0 Å². The lowest BCUT2D eigenvalue weighted by Crippen LogP contribution is -2.28. The zero-order valence-corrected chi connectivity index (χ0v) is 15.7. The van der Waals surface area contributed by atoms with E-state index in [9.17, 15) is 9.59 Å². The van der Waals surface area contributed by atoms with Gasteiger partial charge in [-0.05, 0) is 35.2 Å². The van der Waals surface area contributed by atoms with Gasteiger partial charge in [0.1, 0.15) is 11.5 Å². The first kappa shape index (κ1) is 19.2. The molecule has 0 aromatic heterocycles. The van der Waals surface area contributed by atoms with Gasteiger partial charge >= 0.3 is 5.97 Å². The Kier molecular flexibility index (Phi) is 6.11. The topological polar surface area (TPSA) is 73.9 Å². The second-order valence-corrected chi connectivity index (χ2v) is 6.06. The molecule has 0 radical (unpaired) electrons. The van der Waals surface area contributed by atoms with Gasteiger partial charge in [0.15, 0.2) is 6.61 Å². The standard InChI is InChI=1S/C22H21NO5/c1-26-16-9-7-15(8-10-16)13-23-21(24)14-28-22(25)19-11-12-20(27-2)18-6-4-3-5-17(18)19/h3-12H,13-14H2,1-2H3,(H,23,24). The second-order valence-electron chi connectivity index (χ2n) is 6.06. The number of fused-ring (bicyclic) bond motifs is 1. The molecule has 3 rings (SSSR count). The molecule has 28 heavy (non-hydrogen) atoms. The highest BCUT2D eigenvalue weighted by molar-refractivity contribution is 6.06. The molecule has 6 nitrogen and oxygen atoms in total. The van der Waals surface area contributed by atoms with E-state index in [4.69, 9.17) is 14.2 Å². The number of carbonyl (C=O) groups excluding carboxylic acids is 2. The predicted molar refractivity (Wildman–Crippen MR) is 106 cm³/mol. The van der Waals surface area contributed by atoms with Crippen LogP contribution in [0.1, 0.15) is 15.9 Å². The summed E-state index contributed by atoms with van der Waals surface area (Å²) in [7, 11) is 3.17. The molecule has 0 aliphatic heterocycles. The van der Waals surface area contributed by atoms with E-state index in [-0.39, 0.29) is 12.5 Å². The van der Waals surface area contributed by atoms with Gasteiger partial charge in [0.25, 0.3) is 5.91 Å². The molecule has 0 aliphatic rings. The van der Waals surface area contributed by atoms with Crippen LogP contribution in [-0.4, -0.2) is 32.7 Å². The third-order valence-electron chi connectivity index (χ3n) is 4.31. The van der Waals surface area contributed by atoms with Gasteiger partial charge in [-0.2, -0.15) is 0 Å². The molecular weight excluding hydrogens is 358 g/mol. The third kappa shape index (κ3) is 4.40. The second kappa shape index (κ2) is 8.90. The van der Waals surface area contributed by atoms with Crippen molar-refractivity contribution in [2.45, 2.75) is 6.54 Å². The summed E-state index contributed by atoms with van der Waals surface area (Å²) in [5.74, 6) is 0.487. The summed E-state index contributed by atoms with van der Waals surface area (Å²) < 4.78 is 15.6. The number of amides is 1. The van der Waals surface area contributed by atoms with Crippen LogP contribution in [0.25, 0.3) is 10.8 Å². The van der Waals surface area contributed by atoms with Crippen molar-refractivity contribution in [2.24, 2.45) is 0 Å². The van der Waals surface area contributed by atoms with Crippen molar-refractivity contribution >= 4 is 22.6 Å². The molecule has 0 atom stereocenters. The van der Waals surface area contributed by atoms with Crippen LogP contribution in [0.3, 0.4) is 0 Å². The van der Waals surface area contributed by atoms with E-state index in [1.807, 2.05) is 48.5 Å². The van der Waals surface area contributed by atoms with E-state index >= 15 is 0 Å². The molecule has 3 aromatic rings. The maximum absolute atomic E-state index is 12.5. The van der Waals surface area contributed by atoms with Gasteiger partial charge in [-0.3, -0.25) is 4.79 Å². The van der Waals surface area contributed by atoms with Gasteiger partial charge in [0, 0.05) is 11.9 Å². The SMILES string of the molecule is COc1ccc(CNC(=O)COC(=O)c2ccc(OC)c3ccccc23)cc1. The highest BCUT2D eigenvalue weighted by Crippen LogP contribution is 2.28. The summed E-state index contributed by atoms with van der Waals surface area (Å²) in [6.07, 6.45) is 0. The highest BCUT2D eigenvalue weighted by atomic mass is 16.5. The fraction of sp³-hybridized carbons (Fsp3) is 0.182. The van der Waals surface area contributed by atoms with Crippen LogP contribution in [0, 0.1) is 0 Å². The van der Waals surface area contributed by atoms with E-state index in [1.165, 1.54) is 0 Å². The van der Waals surface area contributed by atoms with E-state index in [1.54, 1.807) is 26.4 Å². The van der Waals surface area contributed by atoms with Crippen LogP contribution in [0.4, 0.5) is 0 Å². The van der Waals surface area contributed by atoms with Gasteiger partial charge in [-0.25, -0.2) is 4.79 Å². The molecule has 0 fully saturated rings. The van der Waals surface area contributed by atoms with Crippen LogP contribution in [0.5, 0.6) is 11.5 Å². The Bertz CT molecular complexity index is 982. The fourth-order valence-electron chi connectivity index (χ4n) is 2.83. The molecule has 0 bridgehead atoms. The smallest absolute Gasteiger partial charge is 0.339 e. The Hall–Kier alpha value is -3.54. The Morgan fingerprint density at radius 3 is 2.25 bits per heavy atom. The van der Waals surface area contributed by atoms with E-state index in [0.717, 1.165) is 16.7 Å². The van der Waals surface area contributed by atoms with Crippen molar-refractivity contribution < 1.29 is 23.8 Å². The zero-order valence-electron chi connectivity index (χ0n) is 15.7. The van der Waals surface area contributed by atoms with Gasteiger partial charge in [0.05, 0.1) is 19.8 Å². The van der Waals surface area contributed by atoms with Gasteiger partial charge in [-0.15, -0.1) is 0 Å². The van der Waals surface area contributed by atoms with Crippen molar-refractivity contribution in [3.63, 3.8) is 0 Å². The highest BCUT2D eigenvalue weighted by Gasteiger charge is 2.15. The number of nitrogens with one attached hydrogen (secondary N) is 1. The van der Waals surface area contributed by atoms with Crippen molar-refractivity contribution in [3.8, 4) is 11.5 Å². The lowest BCUT2D eigenvalue weighted by molar-refractivity contribution is -0.124. The first-order valence-electron chi connectivity index (χ1n) is 8.75. The predicted octanol–water partition coefficient (Wildman–Crippen LogP) is 3.33. The maximum atomic E-state index is 12.5. The minimum atomic E-state index is -0.557. The quantitative estimate of drug-likeness (QED) is 0.638. The zero-order chi connectivity index (χ0) is 19.9. The average molecular weight is 379 g/mol. The summed E-state index contributed by atoms with van der Waals surface area (Å²) in [5, 5.41) is 4.24. The van der Waals surface area contributed by atoms with Gasteiger partial charge < -0.3 is 19.5 Å². The Balaban J connectivity index is 1.59. The number of esters is 1. The van der Waals surface area contributed by atoms with E-state index in [2.05, 4.69) is 5.32 Å². The summed E-state index contributed by atoms with van der Waals surface area (Å²) in [5.41, 5.74) is 1.31. The van der Waals surface area contributed by atoms with Gasteiger partial charge in [-0.1, -0.05) is 36.4 Å². The maximum Gasteiger partial charge on any atom is 0.339 e. The van der Waals surface area contributed by atoms with Crippen molar-refractivity contribution in [1.29, 1.82) is 0 Å². The largest absolute Gasteiger partial charge is 0.497 e. The van der Waals surface area contributed by atoms with E-state index < -0.39 is 5.97 Å². The molecule has 6 heteroatoms. The third-order valence-corrected chi connectivity index (χ3v) is 4.31. The summed E-state index contributed by atoms with van der Waals surface area (Å²) >= 11 is 0. The van der Waals surface area contributed by atoms with Crippen molar-refractivity contribution in [2.75, 3.05) is 20.8 Å². The van der Waals surface area contributed by atoms with Crippen molar-refractivity contribution in [3.05, 3.63) is 71.8 Å².